The zero-order valence-corrected chi connectivity index (χ0v) is 11.3. The van der Waals surface area contributed by atoms with Crippen molar-refractivity contribution < 1.29 is 4.79 Å². The van der Waals surface area contributed by atoms with E-state index in [9.17, 15) is 4.79 Å². The van der Waals surface area contributed by atoms with Crippen molar-refractivity contribution in [3.63, 3.8) is 0 Å². The van der Waals surface area contributed by atoms with Gasteiger partial charge in [-0.15, -0.1) is 0 Å². The predicted octanol–water partition coefficient (Wildman–Crippen LogP) is 3.28. The second-order valence-corrected chi connectivity index (χ2v) is 5.47. The molecule has 0 aliphatic heterocycles. The molecule has 3 heteroatoms. The van der Waals surface area contributed by atoms with E-state index in [0.717, 1.165) is 24.1 Å². The third-order valence-electron chi connectivity index (χ3n) is 4.19. The molecule has 3 nitrogen and oxygen atoms in total. The first-order valence-electron chi connectivity index (χ1n) is 7.09. The molecule has 1 amide bonds. The highest BCUT2D eigenvalue weighted by atomic mass is 16.1. The van der Waals surface area contributed by atoms with Crippen molar-refractivity contribution in [3.05, 3.63) is 35.5 Å². The molecule has 1 saturated carbocycles. The highest BCUT2D eigenvalue weighted by Crippen LogP contribution is 2.25. The van der Waals surface area contributed by atoms with Crippen molar-refractivity contribution in [1.82, 2.24) is 10.3 Å². The molecule has 0 unspecified atom stereocenters. The Morgan fingerprint density at radius 2 is 2.05 bits per heavy atom. The van der Waals surface area contributed by atoms with Gasteiger partial charge in [0.05, 0.1) is 0 Å². The second kappa shape index (κ2) is 5.08. The van der Waals surface area contributed by atoms with Gasteiger partial charge in [-0.2, -0.15) is 0 Å². The lowest BCUT2D eigenvalue weighted by atomic mass is 10.1. The van der Waals surface area contributed by atoms with Crippen molar-refractivity contribution in [2.75, 3.05) is 0 Å². The fourth-order valence-corrected chi connectivity index (χ4v) is 3.07. The molecule has 1 fully saturated rings. The predicted molar refractivity (Wildman–Crippen MR) is 76.8 cm³/mol. The van der Waals surface area contributed by atoms with Gasteiger partial charge in [-0.25, -0.2) is 0 Å². The normalized spacial score (nSPS) is 16.1. The Bertz CT molecular complexity index is 594. The largest absolute Gasteiger partial charge is 0.358 e. The lowest BCUT2D eigenvalue weighted by molar-refractivity contribution is -0.124. The van der Waals surface area contributed by atoms with E-state index in [1.165, 1.54) is 23.8 Å². The minimum absolute atomic E-state index is 0.224. The number of fused-ring (bicyclic) bond motifs is 1. The average Bonchev–Trinajstić information content (AvgIpc) is 3.03. The van der Waals surface area contributed by atoms with Gasteiger partial charge in [-0.1, -0.05) is 31.0 Å². The third kappa shape index (κ3) is 2.37. The summed E-state index contributed by atoms with van der Waals surface area (Å²) in [6, 6.07) is 8.25. The number of hydrogen-bond donors (Lipinski definition) is 2. The van der Waals surface area contributed by atoms with Crippen LogP contribution in [0.2, 0.25) is 0 Å². The van der Waals surface area contributed by atoms with Gasteiger partial charge in [0.1, 0.15) is 0 Å². The summed E-state index contributed by atoms with van der Waals surface area (Å²) in [5.41, 5.74) is 3.50. The van der Waals surface area contributed by atoms with E-state index in [1.807, 2.05) is 12.1 Å². The standard InChI is InChI=1S/C16H20N2O/c1-11-14(13-8-4-5-9-15(13)18-11)10-17-16(19)12-6-2-3-7-12/h4-5,8-9,12,18H,2-3,6-7,10H2,1H3,(H,17,19). The molecular formula is C16H20N2O. The number of amides is 1. The maximum Gasteiger partial charge on any atom is 0.223 e. The highest BCUT2D eigenvalue weighted by molar-refractivity contribution is 5.85. The van der Waals surface area contributed by atoms with Crippen LogP contribution in [0, 0.1) is 12.8 Å². The maximum atomic E-state index is 12.1. The molecule has 19 heavy (non-hydrogen) atoms. The number of carbonyl (C=O) groups excluding carboxylic acids is 1. The molecule has 3 rings (SSSR count). The van der Waals surface area contributed by atoms with Crippen molar-refractivity contribution in [1.29, 1.82) is 0 Å². The number of benzene rings is 1. The zero-order valence-electron chi connectivity index (χ0n) is 11.3. The van der Waals surface area contributed by atoms with Gasteiger partial charge in [0, 0.05) is 29.1 Å². The summed E-state index contributed by atoms with van der Waals surface area (Å²) in [4.78, 5) is 15.4. The summed E-state index contributed by atoms with van der Waals surface area (Å²) in [5.74, 6) is 0.465. The van der Waals surface area contributed by atoms with Crippen LogP contribution in [0.4, 0.5) is 0 Å². The van der Waals surface area contributed by atoms with E-state index in [1.54, 1.807) is 0 Å². The molecule has 0 spiro atoms. The molecule has 1 heterocycles. The summed E-state index contributed by atoms with van der Waals surface area (Å²) >= 11 is 0. The van der Waals surface area contributed by atoms with Crippen molar-refractivity contribution >= 4 is 16.8 Å². The maximum absolute atomic E-state index is 12.1. The SMILES string of the molecule is Cc1[nH]c2ccccc2c1CNC(=O)C1CCCC1. The van der Waals surface area contributed by atoms with Crippen LogP contribution in [0.15, 0.2) is 24.3 Å². The van der Waals surface area contributed by atoms with E-state index >= 15 is 0 Å². The fraction of sp³-hybridized carbons (Fsp3) is 0.438. The van der Waals surface area contributed by atoms with E-state index < -0.39 is 0 Å². The van der Waals surface area contributed by atoms with Crippen LogP contribution < -0.4 is 5.32 Å². The minimum Gasteiger partial charge on any atom is -0.358 e. The van der Waals surface area contributed by atoms with Gasteiger partial charge in [0.15, 0.2) is 0 Å². The van der Waals surface area contributed by atoms with Gasteiger partial charge in [-0.05, 0) is 31.4 Å². The summed E-state index contributed by atoms with van der Waals surface area (Å²) < 4.78 is 0. The molecule has 100 valence electrons. The molecule has 1 aliphatic carbocycles. The topological polar surface area (TPSA) is 44.9 Å². The zero-order chi connectivity index (χ0) is 13.2. The van der Waals surface area contributed by atoms with Crippen molar-refractivity contribution in [3.8, 4) is 0 Å². The van der Waals surface area contributed by atoms with Crippen LogP contribution in [-0.4, -0.2) is 10.9 Å². The lowest BCUT2D eigenvalue weighted by Crippen LogP contribution is -2.28. The van der Waals surface area contributed by atoms with Gasteiger partial charge in [0.2, 0.25) is 5.91 Å². The van der Waals surface area contributed by atoms with Gasteiger partial charge in [-0.3, -0.25) is 4.79 Å². The Hall–Kier alpha value is -1.77. The molecule has 0 atom stereocenters. The van der Waals surface area contributed by atoms with E-state index in [0.29, 0.717) is 6.54 Å². The summed E-state index contributed by atoms with van der Waals surface area (Å²) in [6.07, 6.45) is 4.51. The van der Waals surface area contributed by atoms with Gasteiger partial charge < -0.3 is 10.3 Å². The van der Waals surface area contributed by atoms with Gasteiger partial charge >= 0.3 is 0 Å². The average molecular weight is 256 g/mol. The monoisotopic (exact) mass is 256 g/mol. The quantitative estimate of drug-likeness (QED) is 0.869. The van der Waals surface area contributed by atoms with Crippen LogP contribution >= 0.6 is 0 Å². The minimum atomic E-state index is 0.224. The second-order valence-electron chi connectivity index (χ2n) is 5.47. The number of para-hydroxylation sites is 1. The Balaban J connectivity index is 1.74. The molecule has 0 radical (unpaired) electrons. The smallest absolute Gasteiger partial charge is 0.223 e. The molecule has 2 N–H and O–H groups in total. The van der Waals surface area contributed by atoms with E-state index in [4.69, 9.17) is 0 Å². The number of aryl methyl sites for hydroxylation is 1. The molecule has 1 aromatic carbocycles. The number of H-pyrrole nitrogens is 1. The van der Waals surface area contributed by atoms with Crippen LogP contribution in [-0.2, 0) is 11.3 Å². The third-order valence-corrected chi connectivity index (χ3v) is 4.19. The van der Waals surface area contributed by atoms with Crippen LogP contribution in [0.25, 0.3) is 10.9 Å². The number of carbonyl (C=O) groups is 1. The number of nitrogens with one attached hydrogen (secondary N) is 2. The number of aromatic amines is 1. The highest BCUT2D eigenvalue weighted by Gasteiger charge is 2.22. The summed E-state index contributed by atoms with van der Waals surface area (Å²) in [5, 5.41) is 4.32. The first kappa shape index (κ1) is 12.3. The number of hydrogen-bond acceptors (Lipinski definition) is 1. The van der Waals surface area contributed by atoms with Crippen molar-refractivity contribution in [2.24, 2.45) is 5.92 Å². The Kier molecular flexibility index (Phi) is 3.28. The van der Waals surface area contributed by atoms with Crippen LogP contribution in [0.3, 0.4) is 0 Å². The Morgan fingerprint density at radius 1 is 1.32 bits per heavy atom. The fourth-order valence-electron chi connectivity index (χ4n) is 3.07. The van der Waals surface area contributed by atoms with E-state index in [2.05, 4.69) is 29.4 Å². The first-order valence-corrected chi connectivity index (χ1v) is 7.09. The molecule has 1 aliphatic rings. The van der Waals surface area contributed by atoms with E-state index in [-0.39, 0.29) is 11.8 Å². The van der Waals surface area contributed by atoms with Gasteiger partial charge in [0.25, 0.3) is 0 Å². The summed E-state index contributed by atoms with van der Waals surface area (Å²) in [7, 11) is 0. The van der Waals surface area contributed by atoms with Crippen molar-refractivity contribution in [2.45, 2.75) is 39.2 Å². The Labute approximate surface area is 113 Å². The molecule has 0 bridgehead atoms. The first-order chi connectivity index (χ1) is 9.25. The number of rotatable bonds is 3. The summed E-state index contributed by atoms with van der Waals surface area (Å²) in [6.45, 7) is 2.70. The molecule has 0 saturated heterocycles. The van der Waals surface area contributed by atoms with Crippen LogP contribution in [0.5, 0.6) is 0 Å². The number of aromatic nitrogens is 1. The molecule has 2 aromatic rings. The molecule has 1 aromatic heterocycles. The Morgan fingerprint density at radius 3 is 2.84 bits per heavy atom. The molecular weight excluding hydrogens is 236 g/mol. The lowest BCUT2D eigenvalue weighted by Gasteiger charge is -2.10. The van der Waals surface area contributed by atoms with Crippen LogP contribution in [0.1, 0.15) is 36.9 Å².